The van der Waals surface area contributed by atoms with E-state index in [4.69, 9.17) is 33.7 Å². The average molecular weight is 378 g/mol. The van der Waals surface area contributed by atoms with Crippen molar-refractivity contribution in [3.63, 3.8) is 0 Å². The number of rotatable bonds is 4. The second-order valence-electron chi connectivity index (χ2n) is 6.75. The van der Waals surface area contributed by atoms with Crippen LogP contribution in [-0.2, 0) is 9.53 Å². The molecular formula is C20H21Cl2NO2. The van der Waals surface area contributed by atoms with Crippen LogP contribution in [0, 0.1) is 11.8 Å². The molecule has 2 N–H and O–H groups in total. The first kappa shape index (κ1) is 18.2. The molecule has 3 rings (SSSR count). The van der Waals surface area contributed by atoms with E-state index in [1.165, 1.54) is 0 Å². The molecule has 0 spiro atoms. The van der Waals surface area contributed by atoms with E-state index in [-0.39, 0.29) is 23.9 Å². The number of hydrogen-bond donors (Lipinski definition) is 1. The SMILES string of the molecule is C=CC[C@@]1(N)C[C@H](C2C=C(Cl)C=CC2)[C@H](c2ccc(Cl)cc2)OC1=O. The molecule has 0 aromatic heterocycles. The van der Waals surface area contributed by atoms with E-state index >= 15 is 0 Å². The number of cyclic esters (lactones) is 1. The normalized spacial score (nSPS) is 32.0. The van der Waals surface area contributed by atoms with Gasteiger partial charge < -0.3 is 10.5 Å². The second kappa shape index (κ2) is 7.36. The summed E-state index contributed by atoms with van der Waals surface area (Å²) in [5, 5.41) is 1.35. The molecule has 1 saturated heterocycles. The molecule has 2 aliphatic rings. The van der Waals surface area contributed by atoms with E-state index in [2.05, 4.69) is 6.58 Å². The molecule has 5 heteroatoms. The van der Waals surface area contributed by atoms with Gasteiger partial charge in [-0.25, -0.2) is 0 Å². The first-order valence-electron chi connectivity index (χ1n) is 8.33. The fourth-order valence-corrected chi connectivity index (χ4v) is 4.04. The van der Waals surface area contributed by atoms with Crippen LogP contribution in [0.15, 0.2) is 60.2 Å². The van der Waals surface area contributed by atoms with E-state index in [1.54, 1.807) is 18.2 Å². The van der Waals surface area contributed by atoms with Gasteiger partial charge in [-0.1, -0.05) is 53.6 Å². The molecule has 0 saturated carbocycles. The minimum atomic E-state index is -1.04. The third-order valence-corrected chi connectivity index (χ3v) is 5.45. The Morgan fingerprint density at radius 1 is 1.32 bits per heavy atom. The molecule has 1 fully saturated rings. The summed E-state index contributed by atoms with van der Waals surface area (Å²) < 4.78 is 5.83. The van der Waals surface area contributed by atoms with Gasteiger partial charge in [-0.3, -0.25) is 4.79 Å². The predicted molar refractivity (Wildman–Crippen MR) is 101 cm³/mol. The Hall–Kier alpha value is -1.55. The number of esters is 1. The highest BCUT2D eigenvalue weighted by Gasteiger charge is 2.48. The molecule has 1 aliphatic carbocycles. The van der Waals surface area contributed by atoms with Crippen LogP contribution in [0.1, 0.15) is 30.9 Å². The first-order chi connectivity index (χ1) is 11.9. The first-order valence-corrected chi connectivity index (χ1v) is 9.09. The second-order valence-corrected chi connectivity index (χ2v) is 7.62. The fraction of sp³-hybridized carbons (Fsp3) is 0.350. The number of hydrogen-bond acceptors (Lipinski definition) is 3. The quantitative estimate of drug-likeness (QED) is 0.598. The zero-order valence-electron chi connectivity index (χ0n) is 13.8. The average Bonchev–Trinajstić information content (AvgIpc) is 2.58. The maximum atomic E-state index is 12.6. The maximum Gasteiger partial charge on any atom is 0.327 e. The molecule has 4 atom stereocenters. The number of ether oxygens (including phenoxy) is 1. The van der Waals surface area contributed by atoms with Crippen molar-refractivity contribution in [3.8, 4) is 0 Å². The van der Waals surface area contributed by atoms with Crippen LogP contribution in [0.25, 0.3) is 0 Å². The van der Waals surface area contributed by atoms with Gasteiger partial charge in [-0.2, -0.15) is 0 Å². The van der Waals surface area contributed by atoms with Gasteiger partial charge in [0.05, 0.1) is 0 Å². The summed E-state index contributed by atoms with van der Waals surface area (Å²) in [6, 6.07) is 7.40. The van der Waals surface area contributed by atoms with Crippen molar-refractivity contribution >= 4 is 29.2 Å². The molecule has 0 radical (unpaired) electrons. The summed E-state index contributed by atoms with van der Waals surface area (Å²) >= 11 is 12.2. The molecule has 0 bridgehead atoms. The Kier molecular flexibility index (Phi) is 5.38. The maximum absolute atomic E-state index is 12.6. The molecule has 132 valence electrons. The van der Waals surface area contributed by atoms with Gasteiger partial charge >= 0.3 is 5.97 Å². The Morgan fingerprint density at radius 3 is 2.68 bits per heavy atom. The highest BCUT2D eigenvalue weighted by Crippen LogP contribution is 2.45. The van der Waals surface area contributed by atoms with E-state index in [0.29, 0.717) is 22.9 Å². The Morgan fingerprint density at radius 2 is 2.04 bits per heavy atom. The molecule has 1 aliphatic heterocycles. The third-order valence-electron chi connectivity index (χ3n) is 4.95. The summed E-state index contributed by atoms with van der Waals surface area (Å²) in [5.74, 6) is -0.202. The number of nitrogens with two attached hydrogens (primary N) is 1. The van der Waals surface area contributed by atoms with Crippen LogP contribution in [0.5, 0.6) is 0 Å². The van der Waals surface area contributed by atoms with E-state index in [1.807, 2.05) is 30.4 Å². The molecule has 25 heavy (non-hydrogen) atoms. The summed E-state index contributed by atoms with van der Waals surface area (Å²) in [6.45, 7) is 3.72. The van der Waals surface area contributed by atoms with Crippen molar-refractivity contribution in [1.82, 2.24) is 0 Å². The van der Waals surface area contributed by atoms with E-state index in [0.717, 1.165) is 12.0 Å². The van der Waals surface area contributed by atoms with Crippen LogP contribution >= 0.6 is 23.2 Å². The molecule has 0 amide bonds. The summed E-state index contributed by atoms with van der Waals surface area (Å²) in [5.41, 5.74) is 6.24. The molecule has 1 heterocycles. The smallest absolute Gasteiger partial charge is 0.327 e. The standard InChI is InChI=1S/C20H21Cl2NO2/c1-2-10-20(23)12-17(14-4-3-5-16(22)11-14)18(25-19(20)24)13-6-8-15(21)9-7-13/h2-3,5-9,11,14,17-18H,1,4,10,12,23H2/t14?,17-,18+,20-/m1/s1. The zero-order chi connectivity index (χ0) is 18.0. The minimum absolute atomic E-state index is 0.0301. The zero-order valence-corrected chi connectivity index (χ0v) is 15.3. The van der Waals surface area contributed by atoms with E-state index < -0.39 is 5.54 Å². The van der Waals surface area contributed by atoms with Gasteiger partial charge in [0.25, 0.3) is 0 Å². The van der Waals surface area contributed by atoms with Crippen LogP contribution in [0.4, 0.5) is 0 Å². The fourth-order valence-electron chi connectivity index (χ4n) is 3.66. The van der Waals surface area contributed by atoms with Gasteiger partial charge in [-0.15, -0.1) is 6.58 Å². The largest absolute Gasteiger partial charge is 0.456 e. The molecule has 3 nitrogen and oxygen atoms in total. The highest BCUT2D eigenvalue weighted by atomic mass is 35.5. The lowest BCUT2D eigenvalue weighted by molar-refractivity contribution is -0.170. The number of carbonyl (C=O) groups excluding carboxylic acids is 1. The van der Waals surface area contributed by atoms with Crippen molar-refractivity contribution in [1.29, 1.82) is 0 Å². The Labute approximate surface area is 158 Å². The lowest BCUT2D eigenvalue weighted by Gasteiger charge is -2.43. The van der Waals surface area contributed by atoms with Crippen LogP contribution in [0.3, 0.4) is 0 Å². The van der Waals surface area contributed by atoms with Crippen molar-refractivity contribution in [2.24, 2.45) is 17.6 Å². The van der Waals surface area contributed by atoms with Gasteiger partial charge in [-0.05, 0) is 49.0 Å². The Balaban J connectivity index is 1.96. The lowest BCUT2D eigenvalue weighted by Crippen LogP contribution is -2.55. The number of allylic oxidation sites excluding steroid dienone is 4. The molecule has 1 aromatic rings. The number of halogens is 2. The molecule has 1 aromatic carbocycles. The third kappa shape index (κ3) is 3.84. The van der Waals surface area contributed by atoms with Crippen molar-refractivity contribution in [3.05, 3.63) is 70.8 Å². The predicted octanol–water partition coefficient (Wildman–Crippen LogP) is 4.92. The van der Waals surface area contributed by atoms with Crippen molar-refractivity contribution in [2.45, 2.75) is 30.9 Å². The molecule has 1 unspecified atom stereocenters. The van der Waals surface area contributed by atoms with Crippen LogP contribution in [-0.4, -0.2) is 11.5 Å². The Bertz CT molecular complexity index is 726. The topological polar surface area (TPSA) is 52.3 Å². The highest BCUT2D eigenvalue weighted by molar-refractivity contribution is 6.31. The number of benzene rings is 1. The summed E-state index contributed by atoms with van der Waals surface area (Å²) in [7, 11) is 0. The summed E-state index contributed by atoms with van der Waals surface area (Å²) in [6.07, 6.45) is 9.01. The van der Waals surface area contributed by atoms with E-state index in [9.17, 15) is 4.79 Å². The van der Waals surface area contributed by atoms with Crippen LogP contribution < -0.4 is 5.73 Å². The van der Waals surface area contributed by atoms with Gasteiger partial charge in [0.2, 0.25) is 0 Å². The van der Waals surface area contributed by atoms with Crippen LogP contribution in [0.2, 0.25) is 5.02 Å². The van der Waals surface area contributed by atoms with Gasteiger partial charge in [0.15, 0.2) is 0 Å². The minimum Gasteiger partial charge on any atom is -0.456 e. The number of carbonyl (C=O) groups is 1. The van der Waals surface area contributed by atoms with Gasteiger partial charge in [0, 0.05) is 16.0 Å². The molecular weight excluding hydrogens is 357 g/mol. The summed E-state index contributed by atoms with van der Waals surface area (Å²) in [4.78, 5) is 12.6. The lowest BCUT2D eigenvalue weighted by atomic mass is 9.71. The monoisotopic (exact) mass is 377 g/mol. The van der Waals surface area contributed by atoms with Crippen molar-refractivity contribution < 1.29 is 9.53 Å². The van der Waals surface area contributed by atoms with Gasteiger partial charge in [0.1, 0.15) is 11.6 Å². The van der Waals surface area contributed by atoms with Crippen molar-refractivity contribution in [2.75, 3.05) is 0 Å².